The molecule has 38 heavy (non-hydrogen) atoms. The molecule has 1 aromatic heterocycles. The van der Waals surface area contributed by atoms with Crippen LogP contribution in [0.2, 0.25) is 0 Å². The fraction of sp³-hybridized carbons (Fsp3) is 0.321. The number of amides is 3. The summed E-state index contributed by atoms with van der Waals surface area (Å²) in [5.74, 6) is -1.55. The molecule has 2 aliphatic rings. The number of imide groups is 1. The van der Waals surface area contributed by atoms with Gasteiger partial charge in [-0.1, -0.05) is 37.1 Å². The fourth-order valence-corrected chi connectivity index (χ4v) is 5.46. The molecule has 3 aromatic rings. The second-order valence-electron chi connectivity index (χ2n) is 9.75. The van der Waals surface area contributed by atoms with E-state index >= 15 is 0 Å². The first-order valence-electron chi connectivity index (χ1n) is 12.6. The van der Waals surface area contributed by atoms with Gasteiger partial charge in [-0.2, -0.15) is 0 Å². The lowest BCUT2D eigenvalue weighted by molar-refractivity contribution is -0.398. The summed E-state index contributed by atoms with van der Waals surface area (Å²) < 4.78 is 5.51. The number of carbonyl (C=O) groups is 3. The zero-order chi connectivity index (χ0) is 26.8. The Hall–Kier alpha value is -4.47. The first kappa shape index (κ1) is 25.2. The van der Waals surface area contributed by atoms with Gasteiger partial charge < -0.3 is 14.8 Å². The third-order valence-electron chi connectivity index (χ3n) is 7.37. The van der Waals surface area contributed by atoms with Crippen molar-refractivity contribution in [1.29, 1.82) is 0 Å². The second-order valence-corrected chi connectivity index (χ2v) is 9.75. The normalized spacial score (nSPS) is 19.7. The molecule has 1 fully saturated rings. The fourth-order valence-electron chi connectivity index (χ4n) is 5.46. The molecule has 2 heterocycles. The molecule has 0 radical (unpaired) electrons. The number of hydrogen-bond acceptors (Lipinski definition) is 7. The number of furan rings is 1. The average Bonchev–Trinajstić information content (AvgIpc) is 3.51. The minimum atomic E-state index is -1.26. The van der Waals surface area contributed by atoms with Crippen molar-refractivity contribution in [3.63, 3.8) is 0 Å². The summed E-state index contributed by atoms with van der Waals surface area (Å²) in [6.45, 7) is 0. The van der Waals surface area contributed by atoms with Crippen LogP contribution >= 0.6 is 0 Å². The van der Waals surface area contributed by atoms with Gasteiger partial charge in [-0.05, 0) is 54.3 Å². The van der Waals surface area contributed by atoms with Crippen molar-refractivity contribution in [3.8, 4) is 5.75 Å². The Morgan fingerprint density at radius 3 is 2.42 bits per heavy atom. The van der Waals surface area contributed by atoms with Crippen molar-refractivity contribution in [3.05, 3.63) is 93.4 Å². The number of nitrogens with zero attached hydrogens (tertiary/aromatic N) is 2. The van der Waals surface area contributed by atoms with E-state index in [2.05, 4.69) is 5.32 Å². The van der Waals surface area contributed by atoms with Gasteiger partial charge in [0, 0.05) is 24.9 Å². The molecule has 10 nitrogen and oxygen atoms in total. The van der Waals surface area contributed by atoms with Crippen LogP contribution in [0.15, 0.2) is 65.3 Å². The summed E-state index contributed by atoms with van der Waals surface area (Å²) in [5, 5.41) is 26.3. The number of benzene rings is 2. The van der Waals surface area contributed by atoms with Crippen LogP contribution in [0.4, 0.5) is 5.69 Å². The Labute approximate surface area is 218 Å². The van der Waals surface area contributed by atoms with Gasteiger partial charge in [-0.25, -0.2) is 0 Å². The molecule has 1 N–H and O–H groups in total. The van der Waals surface area contributed by atoms with Gasteiger partial charge >= 0.3 is 0 Å². The van der Waals surface area contributed by atoms with E-state index in [0.29, 0.717) is 12.0 Å². The number of carbonyl (C=O) groups excluding carboxylic acids is 3. The van der Waals surface area contributed by atoms with Crippen molar-refractivity contribution in [2.45, 2.75) is 50.6 Å². The van der Waals surface area contributed by atoms with Crippen LogP contribution < -0.4 is 10.4 Å². The smallest absolute Gasteiger partial charge is 0.262 e. The number of rotatable bonds is 8. The van der Waals surface area contributed by atoms with E-state index in [9.17, 15) is 29.6 Å². The van der Waals surface area contributed by atoms with Gasteiger partial charge in [-0.3, -0.25) is 29.4 Å². The summed E-state index contributed by atoms with van der Waals surface area (Å²) in [6, 6.07) is 12.1. The first-order chi connectivity index (χ1) is 18.3. The van der Waals surface area contributed by atoms with Crippen LogP contribution in [-0.4, -0.2) is 39.6 Å². The molecule has 0 saturated heterocycles. The summed E-state index contributed by atoms with van der Waals surface area (Å²) in [4.78, 5) is 51.9. The van der Waals surface area contributed by atoms with Gasteiger partial charge in [0.25, 0.3) is 17.5 Å². The zero-order valence-corrected chi connectivity index (χ0v) is 20.5. The quantitative estimate of drug-likeness (QED) is 0.274. The van der Waals surface area contributed by atoms with E-state index in [1.807, 2.05) is 12.1 Å². The third-order valence-corrected chi connectivity index (χ3v) is 7.37. The molecule has 10 heteroatoms. The van der Waals surface area contributed by atoms with Crippen LogP contribution in [-0.2, 0) is 17.6 Å². The van der Waals surface area contributed by atoms with E-state index in [-0.39, 0.29) is 29.5 Å². The predicted octanol–water partition coefficient (Wildman–Crippen LogP) is 3.39. The summed E-state index contributed by atoms with van der Waals surface area (Å²) >= 11 is 0. The van der Waals surface area contributed by atoms with Gasteiger partial charge in [0.15, 0.2) is 0 Å². The third kappa shape index (κ3) is 4.89. The highest BCUT2D eigenvalue weighted by Crippen LogP contribution is 2.31. The largest absolute Gasteiger partial charge is 0.868 e. The molecular weight excluding hydrogens is 490 g/mol. The number of fused-ring (bicyclic) bond motifs is 1. The minimum Gasteiger partial charge on any atom is -0.868 e. The van der Waals surface area contributed by atoms with Crippen molar-refractivity contribution in [2.24, 2.45) is 5.92 Å². The van der Waals surface area contributed by atoms with Crippen LogP contribution in [0, 0.1) is 16.0 Å². The molecule has 0 spiro atoms. The molecule has 3 atom stereocenters. The maximum absolute atomic E-state index is 13.8. The highest BCUT2D eigenvalue weighted by atomic mass is 16.6. The van der Waals surface area contributed by atoms with Crippen molar-refractivity contribution in [2.75, 3.05) is 0 Å². The van der Waals surface area contributed by atoms with E-state index in [1.54, 1.807) is 18.4 Å². The van der Waals surface area contributed by atoms with Gasteiger partial charge in [0.2, 0.25) is 5.91 Å². The lowest BCUT2D eigenvalue weighted by Gasteiger charge is -2.34. The van der Waals surface area contributed by atoms with Gasteiger partial charge in [-0.15, -0.1) is 0 Å². The summed E-state index contributed by atoms with van der Waals surface area (Å²) in [7, 11) is 0. The van der Waals surface area contributed by atoms with Gasteiger partial charge in [0.05, 0.1) is 22.3 Å². The number of nitrogens with one attached hydrogen (secondary N) is 1. The van der Waals surface area contributed by atoms with E-state index in [1.165, 1.54) is 18.2 Å². The molecule has 1 saturated carbocycles. The van der Waals surface area contributed by atoms with Crippen LogP contribution in [0.25, 0.3) is 0 Å². The SMILES string of the molecule is O=C(N[C@H]1CCCC[C@@H]1Cc1ccco1)[C@H](Cc1ccc([O-])c([N+](=O)[O-])c1)N1C(=O)c2ccccc2C1=O. The highest BCUT2D eigenvalue weighted by molar-refractivity contribution is 6.22. The lowest BCUT2D eigenvalue weighted by atomic mass is 9.81. The Balaban J connectivity index is 1.45. The lowest BCUT2D eigenvalue weighted by Crippen LogP contribution is -2.54. The Bertz CT molecular complexity index is 1350. The Morgan fingerprint density at radius 2 is 1.76 bits per heavy atom. The molecule has 2 aromatic carbocycles. The second kappa shape index (κ2) is 10.5. The van der Waals surface area contributed by atoms with Crippen LogP contribution in [0.1, 0.15) is 57.7 Å². The maximum Gasteiger partial charge on any atom is 0.262 e. The van der Waals surface area contributed by atoms with E-state index in [0.717, 1.165) is 48.5 Å². The number of nitro benzene ring substituents is 1. The molecule has 0 unspecified atom stereocenters. The molecule has 3 amide bonds. The topological polar surface area (TPSA) is 146 Å². The zero-order valence-electron chi connectivity index (χ0n) is 20.5. The summed E-state index contributed by atoms with van der Waals surface area (Å²) in [6.07, 6.45) is 5.65. The molecule has 1 aliphatic heterocycles. The van der Waals surface area contributed by atoms with Gasteiger partial charge in [0.1, 0.15) is 11.8 Å². The monoisotopic (exact) mass is 516 g/mol. The molecular formula is C28H26N3O7-. The standard InChI is InChI=1S/C28H27N3O7/c32-25-12-11-17(14-23(25)31(36)37)15-24(30-27(34)20-8-2-3-9-21(20)28(30)35)26(33)29-22-10-4-1-6-18(22)16-19-7-5-13-38-19/h2-3,5,7-9,11-14,18,22,24,32H,1,4,6,10,15-16H2,(H,29,33)/p-1/t18-,22+,24+/m1/s1. The maximum atomic E-state index is 13.8. The van der Waals surface area contributed by atoms with E-state index in [4.69, 9.17) is 4.42 Å². The first-order valence-corrected chi connectivity index (χ1v) is 12.6. The molecule has 0 bridgehead atoms. The highest BCUT2D eigenvalue weighted by Gasteiger charge is 2.43. The Kier molecular flexibility index (Phi) is 6.95. The average molecular weight is 517 g/mol. The minimum absolute atomic E-state index is 0.113. The molecule has 196 valence electrons. The molecule has 5 rings (SSSR count). The van der Waals surface area contributed by atoms with Crippen LogP contribution in [0.5, 0.6) is 5.75 Å². The predicted molar refractivity (Wildman–Crippen MR) is 133 cm³/mol. The van der Waals surface area contributed by atoms with Crippen molar-refractivity contribution in [1.82, 2.24) is 10.2 Å². The summed E-state index contributed by atoms with van der Waals surface area (Å²) in [5.41, 5.74) is 0.0627. The van der Waals surface area contributed by atoms with Crippen molar-refractivity contribution >= 4 is 23.4 Å². The van der Waals surface area contributed by atoms with Crippen LogP contribution in [0.3, 0.4) is 0 Å². The number of hydrogen-bond donors (Lipinski definition) is 1. The van der Waals surface area contributed by atoms with Crippen molar-refractivity contribution < 1.29 is 28.8 Å². The van der Waals surface area contributed by atoms with E-state index < -0.39 is 40.1 Å². The molecule has 1 aliphatic carbocycles. The number of nitro groups is 1. The Morgan fingerprint density at radius 1 is 1.05 bits per heavy atom.